The summed E-state index contributed by atoms with van der Waals surface area (Å²) < 4.78 is 31.8. The van der Waals surface area contributed by atoms with Crippen molar-refractivity contribution in [2.45, 2.75) is 33.2 Å². The quantitative estimate of drug-likeness (QED) is 0.458. The summed E-state index contributed by atoms with van der Waals surface area (Å²) in [5.74, 6) is -1.04. The van der Waals surface area contributed by atoms with Crippen molar-refractivity contribution in [2.24, 2.45) is 4.99 Å². The number of H-pyrrole nitrogens is 1. The zero-order valence-electron chi connectivity index (χ0n) is 16.3. The molecule has 3 rings (SSSR count). The molecule has 0 saturated carbocycles. The van der Waals surface area contributed by atoms with Crippen LogP contribution >= 0.6 is 0 Å². The highest BCUT2D eigenvalue weighted by Gasteiger charge is 2.18. The molecule has 0 saturated heterocycles. The van der Waals surface area contributed by atoms with E-state index >= 15 is 0 Å². The summed E-state index contributed by atoms with van der Waals surface area (Å²) in [6.07, 6.45) is 1.31. The summed E-state index contributed by atoms with van der Waals surface area (Å²) in [5, 5.41) is 15.9. The van der Waals surface area contributed by atoms with Crippen LogP contribution in [0.15, 0.2) is 40.0 Å². The molecular weight excluding hydrogens is 382 g/mol. The van der Waals surface area contributed by atoms with Crippen LogP contribution in [0.1, 0.15) is 36.9 Å². The number of rotatable bonds is 3. The molecule has 2 aromatic heterocycles. The number of aliphatic imine (C=N–C) groups is 1. The number of nitrogens with one attached hydrogen (secondary N) is 3. The number of carbonyl (C=O) groups excluding carboxylic acids is 1. The molecule has 10 heteroatoms. The van der Waals surface area contributed by atoms with Crippen LogP contribution in [0, 0.1) is 18.6 Å². The maximum atomic E-state index is 13.5. The fourth-order valence-electron chi connectivity index (χ4n) is 2.48. The number of aromatic amines is 1. The monoisotopic (exact) mass is 402 g/mol. The minimum absolute atomic E-state index is 0.145. The van der Waals surface area contributed by atoms with Crippen LogP contribution < -0.4 is 10.6 Å². The molecule has 2 heterocycles. The second kappa shape index (κ2) is 7.82. The Morgan fingerprint density at radius 2 is 1.86 bits per heavy atom. The molecule has 29 heavy (non-hydrogen) atoms. The van der Waals surface area contributed by atoms with E-state index < -0.39 is 23.1 Å². The molecule has 0 fully saturated rings. The van der Waals surface area contributed by atoms with Gasteiger partial charge in [-0.05, 0) is 39.8 Å². The molecule has 0 radical (unpaired) electrons. The highest BCUT2D eigenvalue weighted by Crippen LogP contribution is 2.22. The van der Waals surface area contributed by atoms with Gasteiger partial charge >= 0.3 is 0 Å². The molecular formula is C19H20F2N6O2. The predicted octanol–water partition coefficient (Wildman–Crippen LogP) is 3.65. The highest BCUT2D eigenvalue weighted by atomic mass is 19.1. The molecule has 3 aromatic rings. The van der Waals surface area contributed by atoms with Crippen molar-refractivity contribution in [1.82, 2.24) is 20.7 Å². The van der Waals surface area contributed by atoms with E-state index in [9.17, 15) is 13.6 Å². The minimum atomic E-state index is -0.699. The SMILES string of the molecule is Cc1oncc1C(=O)NC(=NC(C)(C)C)Nc1cc(-c2cc(F)cc(F)c2)[nH]n1. The Morgan fingerprint density at radius 3 is 2.45 bits per heavy atom. The Hall–Kier alpha value is -3.56. The lowest BCUT2D eigenvalue weighted by Crippen LogP contribution is -2.38. The topological polar surface area (TPSA) is 108 Å². The second-order valence-electron chi connectivity index (χ2n) is 7.33. The smallest absolute Gasteiger partial charge is 0.263 e. The van der Waals surface area contributed by atoms with Gasteiger partial charge in [-0.15, -0.1) is 0 Å². The van der Waals surface area contributed by atoms with E-state index in [0.717, 1.165) is 6.07 Å². The van der Waals surface area contributed by atoms with E-state index in [1.165, 1.54) is 18.3 Å². The molecule has 1 amide bonds. The van der Waals surface area contributed by atoms with Crippen molar-refractivity contribution in [3.8, 4) is 11.3 Å². The third kappa shape index (κ3) is 5.24. The van der Waals surface area contributed by atoms with Crippen LogP contribution in [0.2, 0.25) is 0 Å². The first-order valence-electron chi connectivity index (χ1n) is 8.72. The summed E-state index contributed by atoms with van der Waals surface area (Å²) >= 11 is 0. The largest absolute Gasteiger partial charge is 0.361 e. The number of amides is 1. The summed E-state index contributed by atoms with van der Waals surface area (Å²) in [6.45, 7) is 7.19. The summed E-state index contributed by atoms with van der Waals surface area (Å²) in [4.78, 5) is 16.9. The van der Waals surface area contributed by atoms with E-state index in [2.05, 4.69) is 31.0 Å². The molecule has 3 N–H and O–H groups in total. The number of halogens is 2. The normalized spacial score (nSPS) is 12.1. The van der Waals surface area contributed by atoms with Crippen molar-refractivity contribution in [1.29, 1.82) is 0 Å². The summed E-state index contributed by atoms with van der Waals surface area (Å²) in [5.41, 5.74) is 0.444. The van der Waals surface area contributed by atoms with Crippen molar-refractivity contribution >= 4 is 17.7 Å². The molecule has 0 aliphatic rings. The predicted molar refractivity (Wildman–Crippen MR) is 103 cm³/mol. The highest BCUT2D eigenvalue weighted by molar-refractivity contribution is 6.10. The van der Waals surface area contributed by atoms with Crippen molar-refractivity contribution in [2.75, 3.05) is 5.32 Å². The molecule has 0 aliphatic carbocycles. The molecule has 0 spiro atoms. The fourth-order valence-corrected chi connectivity index (χ4v) is 2.48. The molecule has 0 bridgehead atoms. The minimum Gasteiger partial charge on any atom is -0.361 e. The number of aromatic nitrogens is 3. The standard InChI is InChI=1S/C19H20F2N6O2/c1-10-14(9-22-29-10)17(28)24-18(25-19(2,3)4)23-16-8-15(26-27-16)11-5-12(20)7-13(21)6-11/h5-9H,1-4H3,(H3,23,24,25,26,27,28). The van der Waals surface area contributed by atoms with Crippen LogP contribution in [-0.2, 0) is 0 Å². The second-order valence-corrected chi connectivity index (χ2v) is 7.33. The van der Waals surface area contributed by atoms with Gasteiger partial charge in [0.15, 0.2) is 5.82 Å². The van der Waals surface area contributed by atoms with Crippen LogP contribution in [-0.4, -0.2) is 32.8 Å². The maximum Gasteiger partial charge on any atom is 0.263 e. The lowest BCUT2D eigenvalue weighted by molar-refractivity contribution is 0.0975. The number of carbonyl (C=O) groups is 1. The van der Waals surface area contributed by atoms with E-state index in [4.69, 9.17) is 4.52 Å². The maximum absolute atomic E-state index is 13.5. The molecule has 0 aliphatic heterocycles. The number of hydrogen-bond donors (Lipinski definition) is 3. The Kier molecular flexibility index (Phi) is 5.44. The first-order chi connectivity index (χ1) is 13.6. The lowest BCUT2D eigenvalue weighted by atomic mass is 10.1. The van der Waals surface area contributed by atoms with Gasteiger partial charge in [0, 0.05) is 17.7 Å². The average Bonchev–Trinajstić information content (AvgIpc) is 3.21. The first kappa shape index (κ1) is 20.2. The number of anilines is 1. The molecule has 0 unspecified atom stereocenters. The number of aryl methyl sites for hydroxylation is 1. The Morgan fingerprint density at radius 1 is 1.17 bits per heavy atom. The van der Waals surface area contributed by atoms with Gasteiger partial charge in [-0.1, -0.05) is 5.16 Å². The Bertz CT molecular complexity index is 1040. The number of benzene rings is 1. The lowest BCUT2D eigenvalue weighted by Gasteiger charge is -2.16. The van der Waals surface area contributed by atoms with Crippen LogP contribution in [0.3, 0.4) is 0 Å². The first-order valence-corrected chi connectivity index (χ1v) is 8.72. The van der Waals surface area contributed by atoms with Gasteiger partial charge in [-0.2, -0.15) is 5.10 Å². The van der Waals surface area contributed by atoms with Crippen LogP contribution in [0.25, 0.3) is 11.3 Å². The third-order valence-electron chi connectivity index (χ3n) is 3.67. The van der Waals surface area contributed by atoms with Crippen molar-refractivity contribution < 1.29 is 18.1 Å². The molecule has 0 atom stereocenters. The van der Waals surface area contributed by atoms with Gasteiger partial charge < -0.3 is 9.84 Å². The zero-order valence-corrected chi connectivity index (χ0v) is 16.3. The number of hydrogen-bond acceptors (Lipinski definition) is 5. The van der Waals surface area contributed by atoms with Crippen molar-refractivity contribution in [3.63, 3.8) is 0 Å². The van der Waals surface area contributed by atoms with Gasteiger partial charge in [0.05, 0.1) is 17.4 Å². The van der Waals surface area contributed by atoms with Crippen molar-refractivity contribution in [3.05, 3.63) is 53.4 Å². The average molecular weight is 402 g/mol. The van der Waals surface area contributed by atoms with E-state index in [0.29, 0.717) is 22.8 Å². The van der Waals surface area contributed by atoms with Crippen LogP contribution in [0.5, 0.6) is 0 Å². The van der Waals surface area contributed by atoms with E-state index in [-0.39, 0.29) is 11.5 Å². The Labute approximate surface area is 165 Å². The third-order valence-corrected chi connectivity index (χ3v) is 3.67. The number of nitrogens with zero attached hydrogens (tertiary/aromatic N) is 3. The zero-order chi connectivity index (χ0) is 21.2. The van der Waals surface area contributed by atoms with Crippen LogP contribution in [0.4, 0.5) is 14.6 Å². The van der Waals surface area contributed by atoms with Gasteiger partial charge in [-0.25, -0.2) is 13.8 Å². The summed E-state index contributed by atoms with van der Waals surface area (Å²) in [6, 6.07) is 4.69. The van der Waals surface area contributed by atoms with Gasteiger partial charge in [0.2, 0.25) is 5.96 Å². The molecule has 152 valence electrons. The van der Waals surface area contributed by atoms with Gasteiger partial charge in [0.25, 0.3) is 5.91 Å². The van der Waals surface area contributed by atoms with E-state index in [1.54, 1.807) is 13.0 Å². The fraction of sp³-hybridized carbons (Fsp3) is 0.263. The van der Waals surface area contributed by atoms with E-state index in [1.807, 2.05) is 20.8 Å². The molecule has 1 aromatic carbocycles. The van der Waals surface area contributed by atoms with Gasteiger partial charge in [-0.3, -0.25) is 15.2 Å². The van der Waals surface area contributed by atoms with Gasteiger partial charge in [0.1, 0.15) is 23.0 Å². The number of guanidine groups is 1. The molecule has 8 nitrogen and oxygen atoms in total. The summed E-state index contributed by atoms with van der Waals surface area (Å²) in [7, 11) is 0. The Balaban J connectivity index is 1.83.